The molecule has 2 N–H and O–H groups in total. The molecular weight excluding hydrogens is 224 g/mol. The Labute approximate surface area is 101 Å². The van der Waals surface area contributed by atoms with E-state index in [1.165, 1.54) is 19.3 Å². The van der Waals surface area contributed by atoms with Crippen molar-refractivity contribution in [3.05, 3.63) is 22.8 Å². The van der Waals surface area contributed by atoms with Crippen LogP contribution in [0.1, 0.15) is 31.2 Å². The van der Waals surface area contributed by atoms with Crippen molar-refractivity contribution in [1.82, 2.24) is 4.98 Å². The molecule has 1 saturated carbocycles. The smallest absolute Gasteiger partial charge is 0.232 e. The van der Waals surface area contributed by atoms with Gasteiger partial charge >= 0.3 is 0 Å². The van der Waals surface area contributed by atoms with E-state index in [9.17, 15) is 0 Å². The summed E-state index contributed by atoms with van der Waals surface area (Å²) in [5.41, 5.74) is 6.42. The standard InChI is InChI=1S/C12H17ClN2O/c13-11-6-10(7-14)8-15-12(11)16-5-4-9-2-1-3-9/h6,8-9H,1-5,7,14H2. The highest BCUT2D eigenvalue weighted by molar-refractivity contribution is 6.31. The van der Waals surface area contributed by atoms with Crippen molar-refractivity contribution in [1.29, 1.82) is 0 Å². The molecular formula is C12H17ClN2O. The minimum Gasteiger partial charge on any atom is -0.477 e. The fraction of sp³-hybridized carbons (Fsp3) is 0.583. The van der Waals surface area contributed by atoms with Crippen LogP contribution in [0, 0.1) is 5.92 Å². The summed E-state index contributed by atoms with van der Waals surface area (Å²) in [6.45, 7) is 1.16. The number of nitrogens with zero attached hydrogens (tertiary/aromatic N) is 1. The van der Waals surface area contributed by atoms with Gasteiger partial charge in [0.1, 0.15) is 5.02 Å². The summed E-state index contributed by atoms with van der Waals surface area (Å²) in [6.07, 6.45) is 6.88. The minimum atomic E-state index is 0.453. The summed E-state index contributed by atoms with van der Waals surface area (Å²) < 4.78 is 5.56. The largest absolute Gasteiger partial charge is 0.477 e. The number of hydrogen-bond acceptors (Lipinski definition) is 3. The molecule has 0 amide bonds. The van der Waals surface area contributed by atoms with Crippen LogP contribution in [0.2, 0.25) is 5.02 Å². The normalized spacial score (nSPS) is 15.9. The third-order valence-corrected chi connectivity index (χ3v) is 3.36. The molecule has 1 aliphatic carbocycles. The Morgan fingerprint density at radius 3 is 2.88 bits per heavy atom. The van der Waals surface area contributed by atoms with E-state index in [0.717, 1.165) is 17.9 Å². The highest BCUT2D eigenvalue weighted by Crippen LogP contribution is 2.30. The molecule has 0 aliphatic heterocycles. The fourth-order valence-electron chi connectivity index (χ4n) is 1.79. The maximum atomic E-state index is 6.03. The number of hydrogen-bond donors (Lipinski definition) is 1. The third-order valence-electron chi connectivity index (χ3n) is 3.09. The second-order valence-corrected chi connectivity index (χ2v) is 4.68. The average molecular weight is 241 g/mol. The van der Waals surface area contributed by atoms with Gasteiger partial charge in [-0.1, -0.05) is 30.9 Å². The Kier molecular flexibility index (Phi) is 4.02. The lowest BCUT2D eigenvalue weighted by atomic mass is 9.83. The van der Waals surface area contributed by atoms with Gasteiger partial charge in [0.2, 0.25) is 5.88 Å². The van der Waals surface area contributed by atoms with Crippen LogP contribution in [0.15, 0.2) is 12.3 Å². The SMILES string of the molecule is NCc1cnc(OCCC2CCC2)c(Cl)c1. The number of ether oxygens (including phenoxy) is 1. The summed E-state index contributed by atoms with van der Waals surface area (Å²) in [7, 11) is 0. The predicted molar refractivity (Wildman–Crippen MR) is 64.6 cm³/mol. The number of rotatable bonds is 5. The van der Waals surface area contributed by atoms with Gasteiger partial charge in [0.15, 0.2) is 0 Å². The Morgan fingerprint density at radius 1 is 1.50 bits per heavy atom. The van der Waals surface area contributed by atoms with Gasteiger partial charge < -0.3 is 10.5 Å². The zero-order valence-electron chi connectivity index (χ0n) is 9.29. The zero-order valence-corrected chi connectivity index (χ0v) is 10.0. The van der Waals surface area contributed by atoms with E-state index >= 15 is 0 Å². The second kappa shape index (κ2) is 5.51. The molecule has 1 fully saturated rings. The van der Waals surface area contributed by atoms with Crippen LogP contribution in [0.25, 0.3) is 0 Å². The molecule has 0 radical (unpaired) electrons. The lowest BCUT2D eigenvalue weighted by molar-refractivity contribution is 0.217. The van der Waals surface area contributed by atoms with Gasteiger partial charge in [0.05, 0.1) is 6.61 Å². The fourth-order valence-corrected chi connectivity index (χ4v) is 2.03. The van der Waals surface area contributed by atoms with Gasteiger partial charge in [-0.25, -0.2) is 4.98 Å². The van der Waals surface area contributed by atoms with Crippen LogP contribution in [0.4, 0.5) is 0 Å². The van der Waals surface area contributed by atoms with Crippen LogP contribution in [0.5, 0.6) is 5.88 Å². The number of aromatic nitrogens is 1. The first kappa shape index (κ1) is 11.7. The van der Waals surface area contributed by atoms with Crippen LogP contribution in [-0.4, -0.2) is 11.6 Å². The Balaban J connectivity index is 1.83. The molecule has 0 aromatic carbocycles. The summed E-state index contributed by atoms with van der Waals surface area (Å²) in [5, 5.41) is 0.552. The monoisotopic (exact) mass is 240 g/mol. The highest BCUT2D eigenvalue weighted by atomic mass is 35.5. The Hall–Kier alpha value is -0.800. The number of pyridine rings is 1. The lowest BCUT2D eigenvalue weighted by Crippen LogP contribution is -2.14. The number of nitrogens with two attached hydrogens (primary N) is 1. The van der Waals surface area contributed by atoms with Gasteiger partial charge in [-0.15, -0.1) is 0 Å². The molecule has 0 spiro atoms. The van der Waals surface area contributed by atoms with Gasteiger partial charge in [-0.3, -0.25) is 0 Å². The molecule has 4 heteroatoms. The van der Waals surface area contributed by atoms with Crippen LogP contribution < -0.4 is 10.5 Å². The van der Waals surface area contributed by atoms with E-state index in [-0.39, 0.29) is 0 Å². The molecule has 0 unspecified atom stereocenters. The van der Waals surface area contributed by atoms with Gasteiger partial charge in [0, 0.05) is 12.7 Å². The second-order valence-electron chi connectivity index (χ2n) is 4.27. The van der Waals surface area contributed by atoms with E-state index in [2.05, 4.69) is 4.98 Å². The van der Waals surface area contributed by atoms with E-state index in [1.54, 1.807) is 6.20 Å². The van der Waals surface area contributed by atoms with E-state index in [4.69, 9.17) is 22.1 Å². The van der Waals surface area contributed by atoms with Crippen molar-refractivity contribution in [3.63, 3.8) is 0 Å². The molecule has 0 atom stereocenters. The predicted octanol–water partition coefficient (Wildman–Crippen LogP) is 2.76. The Morgan fingerprint density at radius 2 is 2.31 bits per heavy atom. The minimum absolute atomic E-state index is 0.453. The summed E-state index contributed by atoms with van der Waals surface area (Å²) in [4.78, 5) is 4.16. The molecule has 2 rings (SSSR count). The maximum absolute atomic E-state index is 6.03. The van der Waals surface area contributed by atoms with Crippen molar-refractivity contribution < 1.29 is 4.74 Å². The van der Waals surface area contributed by atoms with E-state index < -0.39 is 0 Å². The van der Waals surface area contributed by atoms with Crippen molar-refractivity contribution in [2.24, 2.45) is 11.7 Å². The Bertz CT molecular complexity index is 353. The third kappa shape index (κ3) is 2.86. The number of halogens is 1. The molecule has 3 nitrogen and oxygen atoms in total. The summed E-state index contributed by atoms with van der Waals surface area (Å²) in [6, 6.07) is 1.81. The molecule has 16 heavy (non-hydrogen) atoms. The maximum Gasteiger partial charge on any atom is 0.232 e. The van der Waals surface area contributed by atoms with E-state index in [0.29, 0.717) is 24.1 Å². The van der Waals surface area contributed by atoms with Crippen molar-refractivity contribution >= 4 is 11.6 Å². The summed E-state index contributed by atoms with van der Waals surface area (Å²) in [5.74, 6) is 1.38. The average Bonchev–Trinajstić information content (AvgIpc) is 2.23. The lowest BCUT2D eigenvalue weighted by Gasteiger charge is -2.24. The zero-order chi connectivity index (χ0) is 11.4. The van der Waals surface area contributed by atoms with Crippen LogP contribution in [0.3, 0.4) is 0 Å². The molecule has 88 valence electrons. The topological polar surface area (TPSA) is 48.1 Å². The van der Waals surface area contributed by atoms with Crippen LogP contribution >= 0.6 is 11.6 Å². The van der Waals surface area contributed by atoms with Crippen molar-refractivity contribution in [2.45, 2.75) is 32.2 Å². The van der Waals surface area contributed by atoms with Gasteiger partial charge in [-0.2, -0.15) is 0 Å². The molecule has 0 saturated heterocycles. The van der Waals surface area contributed by atoms with Gasteiger partial charge in [-0.05, 0) is 24.0 Å². The van der Waals surface area contributed by atoms with Crippen molar-refractivity contribution in [2.75, 3.05) is 6.61 Å². The summed E-state index contributed by atoms with van der Waals surface area (Å²) >= 11 is 6.03. The van der Waals surface area contributed by atoms with E-state index in [1.807, 2.05) is 6.07 Å². The highest BCUT2D eigenvalue weighted by Gasteiger charge is 2.17. The first-order valence-electron chi connectivity index (χ1n) is 5.77. The molecule has 1 aromatic rings. The van der Waals surface area contributed by atoms with Gasteiger partial charge in [0.25, 0.3) is 0 Å². The van der Waals surface area contributed by atoms with Crippen molar-refractivity contribution in [3.8, 4) is 5.88 Å². The van der Waals surface area contributed by atoms with Crippen LogP contribution in [-0.2, 0) is 6.54 Å². The molecule has 0 bridgehead atoms. The first-order chi connectivity index (χ1) is 7.79. The molecule has 1 aliphatic rings. The quantitative estimate of drug-likeness (QED) is 0.861. The molecule has 1 heterocycles. The molecule has 1 aromatic heterocycles. The first-order valence-corrected chi connectivity index (χ1v) is 6.14.